The van der Waals surface area contributed by atoms with Crippen molar-refractivity contribution < 1.29 is 9.53 Å². The topological polar surface area (TPSA) is 52.3 Å². The fraction of sp³-hybridized carbons (Fsp3) is 0.417. The molecule has 1 atom stereocenters. The highest BCUT2D eigenvalue weighted by Gasteiger charge is 2.29. The summed E-state index contributed by atoms with van der Waals surface area (Å²) in [6.45, 7) is 0.697. The Bertz CT molecular complexity index is 362. The summed E-state index contributed by atoms with van der Waals surface area (Å²) >= 11 is 0. The van der Waals surface area contributed by atoms with Gasteiger partial charge in [-0.3, -0.25) is 0 Å². The van der Waals surface area contributed by atoms with E-state index in [1.165, 1.54) is 0 Å². The molecule has 1 aromatic rings. The van der Waals surface area contributed by atoms with Crippen molar-refractivity contribution in [3.63, 3.8) is 0 Å². The molecule has 0 amide bonds. The number of carbonyl (C=O) groups excluding carboxylic acids is 1. The summed E-state index contributed by atoms with van der Waals surface area (Å²) in [6, 6.07) is 7.59. The second-order valence-corrected chi connectivity index (χ2v) is 3.77. The van der Waals surface area contributed by atoms with Crippen LogP contribution in [0.4, 0.5) is 0 Å². The zero-order chi connectivity index (χ0) is 10.7. The first-order valence-electron chi connectivity index (χ1n) is 5.33. The van der Waals surface area contributed by atoms with E-state index in [2.05, 4.69) is 0 Å². The lowest BCUT2D eigenvalue weighted by molar-refractivity contribution is 0.0364. The summed E-state index contributed by atoms with van der Waals surface area (Å²) in [5.74, 6) is -0.191. The zero-order valence-electron chi connectivity index (χ0n) is 8.61. The molecule has 2 rings (SSSR count). The van der Waals surface area contributed by atoms with Crippen molar-refractivity contribution >= 4 is 5.97 Å². The molecule has 0 bridgehead atoms. The molecule has 1 aliphatic heterocycles. The van der Waals surface area contributed by atoms with Gasteiger partial charge in [0, 0.05) is 5.56 Å². The van der Waals surface area contributed by atoms with Crippen molar-refractivity contribution in [1.29, 1.82) is 0 Å². The van der Waals surface area contributed by atoms with E-state index in [9.17, 15) is 4.79 Å². The maximum atomic E-state index is 11.5. The quantitative estimate of drug-likeness (QED) is 0.604. The van der Waals surface area contributed by atoms with E-state index in [0.29, 0.717) is 6.54 Å². The SMILES string of the molecule is NCCCCC1OC(=O)c2ccccc21. The third-order valence-electron chi connectivity index (χ3n) is 2.70. The van der Waals surface area contributed by atoms with Crippen LogP contribution < -0.4 is 5.73 Å². The normalized spacial score (nSPS) is 18.7. The minimum Gasteiger partial charge on any atom is -0.454 e. The Kier molecular flexibility index (Phi) is 3.02. The molecule has 0 saturated heterocycles. The number of esters is 1. The predicted molar refractivity (Wildman–Crippen MR) is 57.5 cm³/mol. The number of hydrogen-bond acceptors (Lipinski definition) is 3. The first-order chi connectivity index (χ1) is 7.33. The fourth-order valence-corrected chi connectivity index (χ4v) is 1.91. The first kappa shape index (κ1) is 10.2. The van der Waals surface area contributed by atoms with Crippen LogP contribution in [-0.2, 0) is 4.74 Å². The van der Waals surface area contributed by atoms with E-state index >= 15 is 0 Å². The minimum absolute atomic E-state index is 0.0553. The van der Waals surface area contributed by atoms with Gasteiger partial charge in [0.25, 0.3) is 0 Å². The number of carbonyl (C=O) groups is 1. The van der Waals surface area contributed by atoms with Gasteiger partial charge in [-0.2, -0.15) is 0 Å². The minimum atomic E-state index is -0.191. The van der Waals surface area contributed by atoms with E-state index in [1.807, 2.05) is 24.3 Å². The summed E-state index contributed by atoms with van der Waals surface area (Å²) in [5, 5.41) is 0. The Morgan fingerprint density at radius 3 is 2.87 bits per heavy atom. The van der Waals surface area contributed by atoms with Gasteiger partial charge in [0.1, 0.15) is 6.10 Å². The summed E-state index contributed by atoms with van der Waals surface area (Å²) in [6.07, 6.45) is 2.80. The van der Waals surface area contributed by atoms with Gasteiger partial charge in [0.2, 0.25) is 0 Å². The third kappa shape index (κ3) is 2.02. The molecule has 0 radical (unpaired) electrons. The molecule has 0 saturated carbocycles. The number of ether oxygens (including phenoxy) is 1. The monoisotopic (exact) mass is 205 g/mol. The standard InChI is InChI=1S/C12H15NO2/c13-8-4-3-7-11-9-5-1-2-6-10(9)12(14)15-11/h1-2,5-6,11H,3-4,7-8,13H2. The van der Waals surface area contributed by atoms with Crippen LogP contribution in [0.5, 0.6) is 0 Å². The molecule has 3 nitrogen and oxygen atoms in total. The third-order valence-corrected chi connectivity index (χ3v) is 2.70. The molecule has 3 heteroatoms. The second-order valence-electron chi connectivity index (χ2n) is 3.77. The molecule has 15 heavy (non-hydrogen) atoms. The summed E-state index contributed by atoms with van der Waals surface area (Å²) in [4.78, 5) is 11.5. The van der Waals surface area contributed by atoms with Crippen molar-refractivity contribution in [2.24, 2.45) is 5.73 Å². The van der Waals surface area contributed by atoms with Crippen LogP contribution in [0.15, 0.2) is 24.3 Å². The van der Waals surface area contributed by atoms with Gasteiger partial charge in [0.05, 0.1) is 5.56 Å². The number of unbranched alkanes of at least 4 members (excludes halogenated alkanes) is 1. The molecule has 1 unspecified atom stereocenters. The Balaban J connectivity index is 2.08. The van der Waals surface area contributed by atoms with Gasteiger partial charge in [-0.05, 0) is 31.9 Å². The fourth-order valence-electron chi connectivity index (χ4n) is 1.91. The lowest BCUT2D eigenvalue weighted by atomic mass is 10.0. The van der Waals surface area contributed by atoms with E-state index in [1.54, 1.807) is 0 Å². The molecular formula is C12H15NO2. The van der Waals surface area contributed by atoms with Crippen molar-refractivity contribution in [2.75, 3.05) is 6.54 Å². The van der Waals surface area contributed by atoms with Crippen LogP contribution in [-0.4, -0.2) is 12.5 Å². The van der Waals surface area contributed by atoms with E-state index in [0.717, 1.165) is 30.4 Å². The maximum absolute atomic E-state index is 11.5. The molecule has 0 aliphatic carbocycles. The lowest BCUT2D eigenvalue weighted by Crippen LogP contribution is -2.02. The highest BCUT2D eigenvalue weighted by atomic mass is 16.5. The summed E-state index contributed by atoms with van der Waals surface area (Å²) < 4.78 is 5.30. The van der Waals surface area contributed by atoms with E-state index in [-0.39, 0.29) is 12.1 Å². The van der Waals surface area contributed by atoms with Crippen LogP contribution in [0, 0.1) is 0 Å². The van der Waals surface area contributed by atoms with Crippen molar-refractivity contribution in [3.05, 3.63) is 35.4 Å². The average Bonchev–Trinajstić information content (AvgIpc) is 2.58. The largest absolute Gasteiger partial charge is 0.454 e. The molecule has 0 aromatic heterocycles. The van der Waals surface area contributed by atoms with Crippen LogP contribution in [0.3, 0.4) is 0 Å². The van der Waals surface area contributed by atoms with Gasteiger partial charge in [-0.25, -0.2) is 4.79 Å². The average molecular weight is 205 g/mol. The molecule has 2 N–H and O–H groups in total. The van der Waals surface area contributed by atoms with E-state index < -0.39 is 0 Å². The van der Waals surface area contributed by atoms with Crippen LogP contribution >= 0.6 is 0 Å². The number of rotatable bonds is 4. The van der Waals surface area contributed by atoms with Crippen molar-refractivity contribution in [3.8, 4) is 0 Å². The molecule has 0 spiro atoms. The van der Waals surface area contributed by atoms with Gasteiger partial charge in [-0.1, -0.05) is 18.2 Å². The number of benzene rings is 1. The number of fused-ring (bicyclic) bond motifs is 1. The predicted octanol–water partition coefficient (Wildman–Crippen LogP) is 2.03. The molecule has 1 aliphatic rings. The Morgan fingerprint density at radius 1 is 1.27 bits per heavy atom. The van der Waals surface area contributed by atoms with Gasteiger partial charge < -0.3 is 10.5 Å². The first-order valence-corrected chi connectivity index (χ1v) is 5.33. The molecule has 80 valence electrons. The zero-order valence-corrected chi connectivity index (χ0v) is 8.61. The Labute approximate surface area is 89.2 Å². The smallest absolute Gasteiger partial charge is 0.339 e. The van der Waals surface area contributed by atoms with Crippen molar-refractivity contribution in [1.82, 2.24) is 0 Å². The number of hydrogen-bond donors (Lipinski definition) is 1. The summed E-state index contributed by atoms with van der Waals surface area (Å²) in [7, 11) is 0. The number of cyclic esters (lactones) is 1. The Hall–Kier alpha value is -1.35. The highest BCUT2D eigenvalue weighted by Crippen LogP contribution is 2.33. The Morgan fingerprint density at radius 2 is 2.07 bits per heavy atom. The molecule has 1 heterocycles. The molecule has 1 aromatic carbocycles. The number of nitrogens with two attached hydrogens (primary N) is 1. The van der Waals surface area contributed by atoms with Gasteiger partial charge >= 0.3 is 5.97 Å². The summed E-state index contributed by atoms with van der Waals surface area (Å²) in [5.41, 5.74) is 7.17. The molecular weight excluding hydrogens is 190 g/mol. The van der Waals surface area contributed by atoms with Crippen LogP contribution in [0.2, 0.25) is 0 Å². The van der Waals surface area contributed by atoms with Crippen LogP contribution in [0.25, 0.3) is 0 Å². The second kappa shape index (κ2) is 4.45. The highest BCUT2D eigenvalue weighted by molar-refractivity contribution is 5.93. The van der Waals surface area contributed by atoms with Gasteiger partial charge in [-0.15, -0.1) is 0 Å². The maximum Gasteiger partial charge on any atom is 0.339 e. The van der Waals surface area contributed by atoms with Crippen LogP contribution in [0.1, 0.15) is 41.3 Å². The van der Waals surface area contributed by atoms with E-state index in [4.69, 9.17) is 10.5 Å². The van der Waals surface area contributed by atoms with Gasteiger partial charge in [0.15, 0.2) is 0 Å². The molecule has 0 fully saturated rings. The lowest BCUT2D eigenvalue weighted by Gasteiger charge is -2.09. The van der Waals surface area contributed by atoms with Crippen molar-refractivity contribution in [2.45, 2.75) is 25.4 Å².